The van der Waals surface area contributed by atoms with Gasteiger partial charge in [-0.2, -0.15) is 0 Å². The van der Waals surface area contributed by atoms with Gasteiger partial charge in [-0.25, -0.2) is 0 Å². The van der Waals surface area contributed by atoms with Gasteiger partial charge in [-0.3, -0.25) is 4.79 Å². The molecule has 1 heterocycles. The normalized spacial score (nSPS) is 26.0. The van der Waals surface area contributed by atoms with Gasteiger partial charge in [0, 0.05) is 18.5 Å². The van der Waals surface area contributed by atoms with Crippen molar-refractivity contribution in [1.29, 1.82) is 0 Å². The molecule has 0 bridgehead atoms. The second-order valence-electron chi connectivity index (χ2n) is 4.61. The number of carbonyl (C=O) groups is 1. The Morgan fingerprint density at radius 1 is 1.40 bits per heavy atom. The molecule has 78 valence electrons. The average molecular weight is 203 g/mol. The van der Waals surface area contributed by atoms with Gasteiger partial charge in [0.05, 0.1) is 5.92 Å². The fraction of sp³-hybridized carbons (Fsp3) is 0.417. The molecular formula is C12H13NO2. The molecule has 1 aliphatic carbocycles. The molecule has 1 aliphatic heterocycles. The van der Waals surface area contributed by atoms with Crippen LogP contribution in [0.15, 0.2) is 24.3 Å². The highest BCUT2D eigenvalue weighted by molar-refractivity contribution is 5.80. The molecule has 1 aromatic carbocycles. The zero-order valence-electron chi connectivity index (χ0n) is 8.36. The lowest BCUT2D eigenvalue weighted by atomic mass is 9.71. The summed E-state index contributed by atoms with van der Waals surface area (Å²) < 4.78 is 0. The molecule has 3 rings (SSSR count). The van der Waals surface area contributed by atoms with E-state index in [-0.39, 0.29) is 11.3 Å². The average Bonchev–Trinajstić information content (AvgIpc) is 2.51. The van der Waals surface area contributed by atoms with E-state index in [0.717, 1.165) is 25.1 Å². The Morgan fingerprint density at radius 3 is 2.73 bits per heavy atom. The van der Waals surface area contributed by atoms with Crippen molar-refractivity contribution in [3.05, 3.63) is 35.4 Å². The quantitative estimate of drug-likeness (QED) is 0.716. The van der Waals surface area contributed by atoms with Crippen LogP contribution in [0, 0.1) is 5.41 Å². The van der Waals surface area contributed by atoms with Crippen LogP contribution >= 0.6 is 0 Å². The number of hydrogen-bond donors (Lipinski definition) is 2. The molecular weight excluding hydrogens is 190 g/mol. The molecule has 1 aromatic rings. The molecule has 1 spiro atoms. The first-order chi connectivity index (χ1) is 7.23. The summed E-state index contributed by atoms with van der Waals surface area (Å²) in [6.07, 6.45) is 0.910. The maximum Gasteiger partial charge on any atom is 0.311 e. The third kappa shape index (κ3) is 1.07. The van der Waals surface area contributed by atoms with Crippen LogP contribution in [0.4, 0.5) is 0 Å². The summed E-state index contributed by atoms with van der Waals surface area (Å²) in [5.41, 5.74) is 2.19. The van der Waals surface area contributed by atoms with Gasteiger partial charge in [0.1, 0.15) is 0 Å². The van der Waals surface area contributed by atoms with E-state index in [1.807, 2.05) is 18.2 Å². The largest absolute Gasteiger partial charge is 0.481 e. The van der Waals surface area contributed by atoms with Gasteiger partial charge in [-0.15, -0.1) is 0 Å². The Labute approximate surface area is 88.1 Å². The summed E-state index contributed by atoms with van der Waals surface area (Å²) in [6, 6.07) is 7.93. The van der Waals surface area contributed by atoms with Gasteiger partial charge < -0.3 is 10.4 Å². The third-order valence-electron chi connectivity index (χ3n) is 3.72. The summed E-state index contributed by atoms with van der Waals surface area (Å²) in [5, 5.41) is 12.5. The number of benzene rings is 1. The Hall–Kier alpha value is -1.35. The molecule has 3 heteroatoms. The molecule has 1 fully saturated rings. The summed E-state index contributed by atoms with van der Waals surface area (Å²) in [4.78, 5) is 11.3. The second-order valence-corrected chi connectivity index (χ2v) is 4.61. The topological polar surface area (TPSA) is 49.3 Å². The van der Waals surface area contributed by atoms with Crippen LogP contribution in [-0.2, 0) is 11.2 Å². The first kappa shape index (κ1) is 8.92. The Kier molecular flexibility index (Phi) is 1.68. The highest BCUT2D eigenvalue weighted by Gasteiger charge is 2.53. The van der Waals surface area contributed by atoms with Crippen molar-refractivity contribution in [2.45, 2.75) is 12.3 Å². The van der Waals surface area contributed by atoms with Gasteiger partial charge in [-0.1, -0.05) is 24.3 Å². The SMILES string of the molecule is O=C(O)C1c2ccccc2CC12CNC2. The van der Waals surface area contributed by atoms with Crippen molar-refractivity contribution in [3.8, 4) is 0 Å². The number of rotatable bonds is 1. The predicted molar refractivity (Wildman–Crippen MR) is 55.8 cm³/mol. The van der Waals surface area contributed by atoms with E-state index in [0.29, 0.717) is 0 Å². The Balaban J connectivity index is 2.10. The lowest BCUT2D eigenvalue weighted by molar-refractivity contribution is -0.142. The van der Waals surface area contributed by atoms with E-state index in [1.165, 1.54) is 5.56 Å². The standard InChI is InChI=1S/C12H13NO2/c14-11(15)10-9-4-2-1-3-8(9)5-12(10)6-13-7-12/h1-4,10,13H,5-7H2,(H,14,15). The van der Waals surface area contributed by atoms with Crippen LogP contribution in [0.5, 0.6) is 0 Å². The van der Waals surface area contributed by atoms with Crippen molar-refractivity contribution >= 4 is 5.97 Å². The van der Waals surface area contributed by atoms with Crippen LogP contribution < -0.4 is 5.32 Å². The summed E-state index contributed by atoms with van der Waals surface area (Å²) in [7, 11) is 0. The lowest BCUT2D eigenvalue weighted by Crippen LogP contribution is -2.57. The predicted octanol–water partition coefficient (Wildman–Crippen LogP) is 1.00. The first-order valence-corrected chi connectivity index (χ1v) is 5.24. The van der Waals surface area contributed by atoms with Crippen molar-refractivity contribution in [3.63, 3.8) is 0 Å². The monoisotopic (exact) mass is 203 g/mol. The molecule has 1 saturated heterocycles. The van der Waals surface area contributed by atoms with Crippen LogP contribution in [0.2, 0.25) is 0 Å². The maximum atomic E-state index is 11.3. The van der Waals surface area contributed by atoms with Crippen molar-refractivity contribution in [2.75, 3.05) is 13.1 Å². The third-order valence-corrected chi connectivity index (χ3v) is 3.72. The number of nitrogens with one attached hydrogen (secondary N) is 1. The number of fused-ring (bicyclic) bond motifs is 1. The minimum atomic E-state index is -0.679. The number of carboxylic acid groups (broad SMARTS) is 1. The van der Waals surface area contributed by atoms with Crippen LogP contribution in [0.3, 0.4) is 0 Å². The first-order valence-electron chi connectivity index (χ1n) is 5.24. The molecule has 2 aliphatic rings. The summed E-state index contributed by atoms with van der Waals surface area (Å²) >= 11 is 0. The molecule has 0 amide bonds. The van der Waals surface area contributed by atoms with E-state index < -0.39 is 5.97 Å². The fourth-order valence-corrected chi connectivity index (χ4v) is 2.96. The molecule has 2 N–H and O–H groups in total. The maximum absolute atomic E-state index is 11.3. The van der Waals surface area contributed by atoms with Gasteiger partial charge in [0.25, 0.3) is 0 Å². The van der Waals surface area contributed by atoms with E-state index in [2.05, 4.69) is 11.4 Å². The Bertz CT molecular complexity index is 423. The van der Waals surface area contributed by atoms with Crippen LogP contribution in [0.25, 0.3) is 0 Å². The smallest absolute Gasteiger partial charge is 0.311 e. The van der Waals surface area contributed by atoms with Crippen LogP contribution in [0.1, 0.15) is 17.0 Å². The molecule has 0 radical (unpaired) electrons. The zero-order valence-corrected chi connectivity index (χ0v) is 8.36. The van der Waals surface area contributed by atoms with Crippen molar-refractivity contribution in [1.82, 2.24) is 5.32 Å². The molecule has 0 saturated carbocycles. The highest BCUT2D eigenvalue weighted by atomic mass is 16.4. The van der Waals surface area contributed by atoms with Gasteiger partial charge in [0.2, 0.25) is 0 Å². The minimum absolute atomic E-state index is 0.0461. The van der Waals surface area contributed by atoms with Crippen LogP contribution in [-0.4, -0.2) is 24.2 Å². The molecule has 0 aromatic heterocycles. The van der Waals surface area contributed by atoms with Crippen molar-refractivity contribution < 1.29 is 9.90 Å². The van der Waals surface area contributed by atoms with Crippen molar-refractivity contribution in [2.24, 2.45) is 5.41 Å². The second kappa shape index (κ2) is 2.83. The molecule has 1 unspecified atom stereocenters. The number of aliphatic carboxylic acids is 1. The molecule has 15 heavy (non-hydrogen) atoms. The van der Waals surface area contributed by atoms with Gasteiger partial charge in [0.15, 0.2) is 0 Å². The van der Waals surface area contributed by atoms with E-state index in [1.54, 1.807) is 0 Å². The van der Waals surface area contributed by atoms with E-state index in [4.69, 9.17) is 0 Å². The van der Waals surface area contributed by atoms with E-state index in [9.17, 15) is 9.90 Å². The fourth-order valence-electron chi connectivity index (χ4n) is 2.96. The summed E-state index contributed by atoms with van der Waals surface area (Å²) in [5.74, 6) is -0.989. The highest BCUT2D eigenvalue weighted by Crippen LogP contribution is 2.49. The molecule has 1 atom stereocenters. The van der Waals surface area contributed by atoms with Gasteiger partial charge in [-0.05, 0) is 17.5 Å². The molecule has 3 nitrogen and oxygen atoms in total. The number of hydrogen-bond acceptors (Lipinski definition) is 2. The minimum Gasteiger partial charge on any atom is -0.481 e. The number of carboxylic acids is 1. The summed E-state index contributed by atoms with van der Waals surface area (Å²) in [6.45, 7) is 1.66. The lowest BCUT2D eigenvalue weighted by Gasteiger charge is -2.42. The zero-order chi connectivity index (χ0) is 10.5. The van der Waals surface area contributed by atoms with E-state index >= 15 is 0 Å². The van der Waals surface area contributed by atoms with Gasteiger partial charge >= 0.3 is 5.97 Å². The Morgan fingerprint density at radius 2 is 2.13 bits per heavy atom.